The van der Waals surface area contributed by atoms with Gasteiger partial charge in [0.05, 0.1) is 6.20 Å². The Labute approximate surface area is 115 Å². The number of anilines is 2. The number of fused-ring (bicyclic) bond motifs is 1. The lowest BCUT2D eigenvalue weighted by Gasteiger charge is -2.05. The van der Waals surface area contributed by atoms with Gasteiger partial charge in [-0.3, -0.25) is 4.68 Å². The first-order valence-corrected chi connectivity index (χ1v) is 6.22. The third kappa shape index (κ3) is 2.04. The molecule has 3 heterocycles. The van der Waals surface area contributed by atoms with Gasteiger partial charge in [0.25, 0.3) is 0 Å². The molecule has 0 amide bonds. The van der Waals surface area contributed by atoms with E-state index >= 15 is 0 Å². The predicted molar refractivity (Wildman–Crippen MR) is 76.0 cm³/mol. The van der Waals surface area contributed by atoms with E-state index in [1.54, 1.807) is 10.9 Å². The maximum absolute atomic E-state index is 5.76. The first kappa shape index (κ1) is 12.4. The van der Waals surface area contributed by atoms with Crippen molar-refractivity contribution >= 4 is 22.9 Å². The Hall–Kier alpha value is -2.64. The summed E-state index contributed by atoms with van der Waals surface area (Å²) < 4.78 is 3.65. The van der Waals surface area contributed by atoms with Crippen LogP contribution in [-0.2, 0) is 20.6 Å². The second-order valence-corrected chi connectivity index (χ2v) is 4.70. The fourth-order valence-electron chi connectivity index (χ4n) is 2.06. The van der Waals surface area contributed by atoms with Crippen molar-refractivity contribution in [2.75, 3.05) is 11.1 Å². The number of nitrogens with one attached hydrogen (secondary N) is 1. The summed E-state index contributed by atoms with van der Waals surface area (Å²) in [6.07, 6.45) is 3.75. The van der Waals surface area contributed by atoms with Crippen LogP contribution in [0.15, 0.2) is 12.4 Å². The van der Waals surface area contributed by atoms with Gasteiger partial charge in [-0.15, -0.1) is 0 Å². The van der Waals surface area contributed by atoms with Gasteiger partial charge in [-0.2, -0.15) is 15.1 Å². The van der Waals surface area contributed by atoms with Crippen LogP contribution >= 0.6 is 0 Å². The smallest absolute Gasteiger partial charge is 0.224 e. The number of nitrogens with zero attached hydrogens (tertiary/aromatic N) is 6. The molecule has 0 atom stereocenters. The number of imidazole rings is 1. The summed E-state index contributed by atoms with van der Waals surface area (Å²) >= 11 is 0. The zero-order chi connectivity index (χ0) is 14.3. The molecule has 20 heavy (non-hydrogen) atoms. The summed E-state index contributed by atoms with van der Waals surface area (Å²) in [6, 6.07) is 0. The average Bonchev–Trinajstić information content (AvgIpc) is 2.94. The summed E-state index contributed by atoms with van der Waals surface area (Å²) in [4.78, 5) is 12.9. The lowest BCUT2D eigenvalue weighted by molar-refractivity contribution is 0.767. The van der Waals surface area contributed by atoms with Crippen LogP contribution in [-0.4, -0.2) is 29.3 Å². The SMILES string of the molecule is Cc1nc2c(NCc3cnn(C)c3)nc(N)nc2n1C. The number of aryl methyl sites for hydroxylation is 3. The van der Waals surface area contributed by atoms with Crippen LogP contribution < -0.4 is 11.1 Å². The van der Waals surface area contributed by atoms with Crippen molar-refractivity contribution in [2.24, 2.45) is 14.1 Å². The van der Waals surface area contributed by atoms with Crippen LogP contribution in [0.4, 0.5) is 11.8 Å². The summed E-state index contributed by atoms with van der Waals surface area (Å²) in [5.41, 5.74) is 8.27. The van der Waals surface area contributed by atoms with Gasteiger partial charge in [0.2, 0.25) is 5.95 Å². The second-order valence-electron chi connectivity index (χ2n) is 4.70. The van der Waals surface area contributed by atoms with E-state index in [-0.39, 0.29) is 5.95 Å². The highest BCUT2D eigenvalue weighted by molar-refractivity contribution is 5.84. The van der Waals surface area contributed by atoms with Gasteiger partial charge < -0.3 is 15.6 Å². The Kier molecular flexibility index (Phi) is 2.78. The molecular weight excluding hydrogens is 256 g/mol. The number of hydrogen-bond donors (Lipinski definition) is 2. The molecule has 3 aromatic rings. The fraction of sp³-hybridized carbons (Fsp3) is 0.333. The van der Waals surface area contributed by atoms with E-state index in [2.05, 4.69) is 25.4 Å². The van der Waals surface area contributed by atoms with Gasteiger partial charge in [0.1, 0.15) is 5.82 Å². The van der Waals surface area contributed by atoms with E-state index in [1.165, 1.54) is 0 Å². The molecule has 3 aromatic heterocycles. The van der Waals surface area contributed by atoms with Crippen molar-refractivity contribution in [3.05, 3.63) is 23.8 Å². The van der Waals surface area contributed by atoms with Crippen LogP contribution in [0.25, 0.3) is 11.2 Å². The molecule has 0 bridgehead atoms. The first-order chi connectivity index (χ1) is 9.54. The van der Waals surface area contributed by atoms with Crippen molar-refractivity contribution in [3.63, 3.8) is 0 Å². The van der Waals surface area contributed by atoms with Gasteiger partial charge >= 0.3 is 0 Å². The van der Waals surface area contributed by atoms with E-state index in [0.717, 1.165) is 22.6 Å². The van der Waals surface area contributed by atoms with Crippen molar-refractivity contribution < 1.29 is 0 Å². The van der Waals surface area contributed by atoms with Gasteiger partial charge in [0, 0.05) is 32.4 Å². The summed E-state index contributed by atoms with van der Waals surface area (Å²) in [5.74, 6) is 1.73. The average molecular weight is 272 g/mol. The summed E-state index contributed by atoms with van der Waals surface area (Å²) in [5, 5.41) is 7.36. The molecular formula is C12H16N8. The minimum atomic E-state index is 0.231. The Balaban J connectivity index is 1.96. The highest BCUT2D eigenvalue weighted by atomic mass is 15.2. The molecule has 0 aliphatic heterocycles. The summed E-state index contributed by atoms with van der Waals surface area (Å²) in [7, 11) is 3.79. The van der Waals surface area contributed by atoms with Crippen molar-refractivity contribution in [1.29, 1.82) is 0 Å². The van der Waals surface area contributed by atoms with E-state index < -0.39 is 0 Å². The minimum Gasteiger partial charge on any atom is -0.368 e. The molecule has 0 aliphatic rings. The van der Waals surface area contributed by atoms with Crippen LogP contribution in [0.5, 0.6) is 0 Å². The maximum atomic E-state index is 5.76. The molecule has 0 fully saturated rings. The lowest BCUT2D eigenvalue weighted by Crippen LogP contribution is -2.05. The molecule has 0 radical (unpaired) electrons. The normalized spacial score (nSPS) is 11.2. The van der Waals surface area contributed by atoms with E-state index in [0.29, 0.717) is 12.4 Å². The van der Waals surface area contributed by atoms with Crippen LogP contribution in [0, 0.1) is 6.92 Å². The quantitative estimate of drug-likeness (QED) is 0.724. The number of aromatic nitrogens is 6. The van der Waals surface area contributed by atoms with Crippen molar-refractivity contribution in [1.82, 2.24) is 29.3 Å². The Bertz CT molecular complexity index is 769. The molecule has 8 nitrogen and oxygen atoms in total. The topological polar surface area (TPSA) is 99.5 Å². The van der Waals surface area contributed by atoms with Gasteiger partial charge in [-0.05, 0) is 6.92 Å². The van der Waals surface area contributed by atoms with Crippen LogP contribution in [0.2, 0.25) is 0 Å². The first-order valence-electron chi connectivity index (χ1n) is 6.22. The molecule has 0 spiro atoms. The van der Waals surface area contributed by atoms with Gasteiger partial charge in [0.15, 0.2) is 17.0 Å². The zero-order valence-corrected chi connectivity index (χ0v) is 11.6. The van der Waals surface area contributed by atoms with Gasteiger partial charge in [-0.25, -0.2) is 4.98 Å². The lowest BCUT2D eigenvalue weighted by atomic mass is 10.3. The number of hydrogen-bond acceptors (Lipinski definition) is 6. The largest absolute Gasteiger partial charge is 0.368 e. The third-order valence-corrected chi connectivity index (χ3v) is 3.18. The molecule has 104 valence electrons. The molecule has 3 N–H and O–H groups in total. The molecule has 0 saturated heterocycles. The number of rotatable bonds is 3. The highest BCUT2D eigenvalue weighted by Crippen LogP contribution is 2.21. The Morgan fingerprint density at radius 2 is 2.05 bits per heavy atom. The minimum absolute atomic E-state index is 0.231. The van der Waals surface area contributed by atoms with E-state index in [9.17, 15) is 0 Å². The Morgan fingerprint density at radius 3 is 2.75 bits per heavy atom. The van der Waals surface area contributed by atoms with Crippen LogP contribution in [0.1, 0.15) is 11.4 Å². The number of nitrogens with two attached hydrogens (primary N) is 1. The Morgan fingerprint density at radius 1 is 1.25 bits per heavy atom. The van der Waals surface area contributed by atoms with E-state index in [4.69, 9.17) is 5.73 Å². The standard InChI is InChI=1S/C12H16N8/c1-7-16-9-10(14-4-8-5-15-19(2)6-8)17-12(13)18-11(9)20(7)3/h5-6H,4H2,1-3H3,(H3,13,14,17,18). The fourth-order valence-corrected chi connectivity index (χ4v) is 2.06. The molecule has 0 unspecified atom stereocenters. The third-order valence-electron chi connectivity index (χ3n) is 3.18. The van der Waals surface area contributed by atoms with Crippen LogP contribution in [0.3, 0.4) is 0 Å². The zero-order valence-electron chi connectivity index (χ0n) is 11.6. The molecule has 0 aromatic carbocycles. The highest BCUT2D eigenvalue weighted by Gasteiger charge is 2.13. The molecule has 8 heteroatoms. The maximum Gasteiger partial charge on any atom is 0.224 e. The predicted octanol–water partition coefficient (Wildman–Crippen LogP) is 0.600. The van der Waals surface area contributed by atoms with Crippen molar-refractivity contribution in [3.8, 4) is 0 Å². The monoisotopic (exact) mass is 272 g/mol. The molecule has 3 rings (SSSR count). The summed E-state index contributed by atoms with van der Waals surface area (Å²) in [6.45, 7) is 2.53. The van der Waals surface area contributed by atoms with Crippen molar-refractivity contribution in [2.45, 2.75) is 13.5 Å². The molecule has 0 saturated carbocycles. The second kappa shape index (κ2) is 4.48. The molecule has 0 aliphatic carbocycles. The van der Waals surface area contributed by atoms with E-state index in [1.807, 2.05) is 31.8 Å². The number of nitrogen functional groups attached to an aromatic ring is 1. The van der Waals surface area contributed by atoms with Gasteiger partial charge in [-0.1, -0.05) is 0 Å².